The van der Waals surface area contributed by atoms with Crippen LogP contribution in [0.3, 0.4) is 0 Å². The van der Waals surface area contributed by atoms with E-state index in [0.717, 1.165) is 11.6 Å². The highest BCUT2D eigenvalue weighted by Gasteiger charge is 2.32. The number of methoxy groups -OCH3 is 1. The minimum atomic E-state index is -4.45. The van der Waals surface area contributed by atoms with E-state index in [1.807, 2.05) is 0 Å². The number of hydrogen-bond donors (Lipinski definition) is 0. The Balaban J connectivity index is 2.01. The molecule has 3 nitrogen and oxygen atoms in total. The van der Waals surface area contributed by atoms with Crippen molar-refractivity contribution in [3.63, 3.8) is 0 Å². The van der Waals surface area contributed by atoms with Crippen molar-refractivity contribution in [2.24, 2.45) is 5.16 Å². The van der Waals surface area contributed by atoms with Gasteiger partial charge in [0.25, 0.3) is 0 Å². The maximum absolute atomic E-state index is 12.8. The van der Waals surface area contributed by atoms with E-state index in [9.17, 15) is 13.2 Å². The Kier molecular flexibility index (Phi) is 5.04. The molecule has 1 radical (unpaired) electrons. The van der Waals surface area contributed by atoms with Gasteiger partial charge < -0.3 is 9.57 Å². The monoisotopic (exact) mass is 308 g/mol. The molecule has 0 amide bonds. The first-order valence-electron chi connectivity index (χ1n) is 6.38. The van der Waals surface area contributed by atoms with Gasteiger partial charge in [0.15, 0.2) is 0 Å². The second-order valence-corrected chi connectivity index (χ2v) is 4.37. The van der Waals surface area contributed by atoms with Crippen LogP contribution in [-0.2, 0) is 17.6 Å². The molecule has 0 aliphatic carbocycles. The molecule has 0 unspecified atom stereocenters. The summed E-state index contributed by atoms with van der Waals surface area (Å²) in [7, 11) is 1.54. The molecular weight excluding hydrogens is 295 g/mol. The van der Waals surface area contributed by atoms with E-state index in [2.05, 4.69) is 11.4 Å². The van der Waals surface area contributed by atoms with Gasteiger partial charge in [-0.25, -0.2) is 0 Å². The lowest BCUT2D eigenvalue weighted by Gasteiger charge is -2.08. The molecule has 2 rings (SSSR count). The lowest BCUT2D eigenvalue weighted by atomic mass is 10.1. The molecule has 0 heterocycles. The maximum atomic E-state index is 12.8. The van der Waals surface area contributed by atoms with E-state index in [1.54, 1.807) is 31.4 Å². The third kappa shape index (κ3) is 4.25. The third-order valence-corrected chi connectivity index (χ3v) is 2.83. The Hall–Kier alpha value is -2.50. The molecule has 0 spiro atoms. The summed E-state index contributed by atoms with van der Waals surface area (Å²) in [6.07, 6.45) is -2.18. The van der Waals surface area contributed by atoms with Crippen molar-refractivity contribution in [3.8, 4) is 5.75 Å². The number of ether oxygens (including phenoxy) is 1. The molecular formula is C16H13F3NO2. The zero-order valence-corrected chi connectivity index (χ0v) is 11.7. The van der Waals surface area contributed by atoms with Crippen LogP contribution >= 0.6 is 0 Å². The summed E-state index contributed by atoms with van der Waals surface area (Å²) in [5.74, 6) is 0.663. The van der Waals surface area contributed by atoms with Gasteiger partial charge in [0, 0.05) is 5.56 Å². The zero-order chi connectivity index (χ0) is 16.0. The number of hydrogen-bond acceptors (Lipinski definition) is 3. The Morgan fingerprint density at radius 2 is 1.86 bits per heavy atom. The SMILES string of the molecule is COc1cccc(CO/N=[C]\c2ccccc2C(F)(F)F)c1. The summed E-state index contributed by atoms with van der Waals surface area (Å²) in [5.41, 5.74) is -0.182. The highest BCUT2D eigenvalue weighted by molar-refractivity contribution is 5.81. The first kappa shape index (κ1) is 15.9. The van der Waals surface area contributed by atoms with Crippen molar-refractivity contribution >= 4 is 6.21 Å². The van der Waals surface area contributed by atoms with Gasteiger partial charge in [0.05, 0.1) is 12.7 Å². The van der Waals surface area contributed by atoms with E-state index in [4.69, 9.17) is 9.57 Å². The summed E-state index contributed by atoms with van der Waals surface area (Å²) < 4.78 is 43.4. The van der Waals surface area contributed by atoms with Gasteiger partial charge in [0.1, 0.15) is 18.6 Å². The van der Waals surface area contributed by atoms with Crippen LogP contribution in [0, 0.1) is 0 Å². The molecule has 0 aromatic heterocycles. The van der Waals surface area contributed by atoms with Gasteiger partial charge in [-0.1, -0.05) is 35.5 Å². The summed E-state index contributed by atoms with van der Waals surface area (Å²) in [4.78, 5) is 4.98. The molecule has 0 atom stereocenters. The fraction of sp³-hybridized carbons (Fsp3) is 0.188. The third-order valence-electron chi connectivity index (χ3n) is 2.83. The highest BCUT2D eigenvalue weighted by Crippen LogP contribution is 2.31. The van der Waals surface area contributed by atoms with Crippen LogP contribution in [0.15, 0.2) is 53.7 Å². The van der Waals surface area contributed by atoms with E-state index < -0.39 is 11.7 Å². The second kappa shape index (κ2) is 6.98. The van der Waals surface area contributed by atoms with Gasteiger partial charge in [-0.15, -0.1) is 0 Å². The lowest BCUT2D eigenvalue weighted by molar-refractivity contribution is -0.137. The summed E-state index contributed by atoms with van der Waals surface area (Å²) in [6, 6.07) is 12.1. The number of benzene rings is 2. The first-order valence-corrected chi connectivity index (χ1v) is 6.38. The van der Waals surface area contributed by atoms with Crippen LogP contribution in [0.1, 0.15) is 16.7 Å². The Labute approximate surface area is 126 Å². The molecule has 0 saturated heterocycles. The minimum absolute atomic E-state index is 0.110. The van der Waals surface area contributed by atoms with Crippen molar-refractivity contribution in [2.75, 3.05) is 7.11 Å². The largest absolute Gasteiger partial charge is 0.497 e. The predicted molar refractivity (Wildman–Crippen MR) is 75.8 cm³/mol. The van der Waals surface area contributed by atoms with Crippen LogP contribution in [-0.4, -0.2) is 13.3 Å². The Morgan fingerprint density at radius 1 is 1.09 bits per heavy atom. The number of rotatable bonds is 5. The van der Waals surface area contributed by atoms with Crippen molar-refractivity contribution in [1.82, 2.24) is 0 Å². The average Bonchev–Trinajstić information content (AvgIpc) is 2.51. The molecule has 0 saturated carbocycles. The normalized spacial score (nSPS) is 11.6. The topological polar surface area (TPSA) is 30.8 Å². The summed E-state index contributed by atoms with van der Waals surface area (Å²) >= 11 is 0. The Bertz CT molecular complexity index is 654. The van der Waals surface area contributed by atoms with Crippen LogP contribution in [0.4, 0.5) is 13.2 Å². The quantitative estimate of drug-likeness (QED) is 0.614. The standard InChI is InChI=1S/C16H13F3NO2/c1-21-14-7-4-5-12(9-14)11-22-20-10-13-6-2-3-8-15(13)16(17,18)19/h2-9H,11H2,1H3. The molecule has 6 heteroatoms. The van der Waals surface area contributed by atoms with E-state index in [0.29, 0.717) is 5.75 Å². The molecule has 2 aromatic carbocycles. The summed E-state index contributed by atoms with van der Waals surface area (Å²) in [5, 5.41) is 3.48. The zero-order valence-electron chi connectivity index (χ0n) is 11.7. The van der Waals surface area contributed by atoms with Crippen LogP contribution in [0.5, 0.6) is 5.75 Å². The number of alkyl halides is 3. The van der Waals surface area contributed by atoms with Gasteiger partial charge in [0.2, 0.25) is 0 Å². The van der Waals surface area contributed by atoms with Crippen LogP contribution in [0.25, 0.3) is 0 Å². The average molecular weight is 308 g/mol. The molecule has 2 aromatic rings. The van der Waals surface area contributed by atoms with Crippen molar-refractivity contribution < 1.29 is 22.7 Å². The molecule has 0 aliphatic rings. The molecule has 22 heavy (non-hydrogen) atoms. The van der Waals surface area contributed by atoms with E-state index in [1.165, 1.54) is 18.2 Å². The molecule has 0 fully saturated rings. The molecule has 0 bridgehead atoms. The molecule has 0 aliphatic heterocycles. The maximum Gasteiger partial charge on any atom is 0.417 e. The highest BCUT2D eigenvalue weighted by atomic mass is 19.4. The van der Waals surface area contributed by atoms with Gasteiger partial charge in [-0.3, -0.25) is 0 Å². The number of halogens is 3. The Morgan fingerprint density at radius 3 is 2.59 bits per heavy atom. The van der Waals surface area contributed by atoms with Crippen LogP contribution < -0.4 is 4.74 Å². The van der Waals surface area contributed by atoms with Gasteiger partial charge in [-0.2, -0.15) is 13.2 Å². The lowest BCUT2D eigenvalue weighted by Crippen LogP contribution is -2.08. The molecule has 115 valence electrons. The van der Waals surface area contributed by atoms with Crippen molar-refractivity contribution in [3.05, 3.63) is 65.2 Å². The second-order valence-electron chi connectivity index (χ2n) is 4.37. The predicted octanol–water partition coefficient (Wildman–Crippen LogP) is 4.14. The van der Waals surface area contributed by atoms with Gasteiger partial charge >= 0.3 is 6.18 Å². The van der Waals surface area contributed by atoms with E-state index >= 15 is 0 Å². The molecule has 0 N–H and O–H groups in total. The first-order chi connectivity index (χ1) is 10.5. The minimum Gasteiger partial charge on any atom is -0.497 e. The van der Waals surface area contributed by atoms with Crippen molar-refractivity contribution in [1.29, 1.82) is 0 Å². The number of nitrogens with zero attached hydrogens (tertiary/aromatic N) is 1. The smallest absolute Gasteiger partial charge is 0.417 e. The van der Waals surface area contributed by atoms with Gasteiger partial charge in [-0.05, 0) is 23.8 Å². The fourth-order valence-electron chi connectivity index (χ4n) is 1.78. The fourth-order valence-corrected chi connectivity index (χ4v) is 1.78. The van der Waals surface area contributed by atoms with Crippen molar-refractivity contribution in [2.45, 2.75) is 12.8 Å². The summed E-state index contributed by atoms with van der Waals surface area (Å²) in [6.45, 7) is 0.110. The van der Waals surface area contributed by atoms with Crippen LogP contribution in [0.2, 0.25) is 0 Å². The van der Waals surface area contributed by atoms with E-state index in [-0.39, 0.29) is 12.2 Å².